The minimum Gasteiger partial charge on any atom is -0.350 e. The second-order valence-corrected chi connectivity index (χ2v) is 16.3. The van der Waals surface area contributed by atoms with Crippen molar-refractivity contribution in [3.8, 4) is 0 Å². The Balaban J connectivity index is 1.02. The van der Waals surface area contributed by atoms with Crippen LogP contribution in [0.15, 0.2) is 136 Å². The predicted molar refractivity (Wildman–Crippen MR) is 206 cm³/mol. The molecule has 0 saturated carbocycles. The SMILES string of the molecule is C1=CCC(C2=CCC(N(C3=CC4c5ccccc5N(c5ccccc5)C4CC3)C3CC4c5c(ccc6ccccc56)SC4C=N3)CC2)CC1. The van der Waals surface area contributed by atoms with Crippen molar-refractivity contribution in [2.24, 2.45) is 10.9 Å². The number of fused-ring (bicyclic) bond motifs is 8. The molecule has 0 bridgehead atoms. The van der Waals surface area contributed by atoms with Crippen LogP contribution in [0.25, 0.3) is 10.8 Å². The van der Waals surface area contributed by atoms with E-state index in [1.54, 1.807) is 11.1 Å². The molecule has 0 saturated heterocycles. The standard InChI is InChI=1S/C45H45N3S/c1-3-11-30(12-4-1)31-19-22-34(23-20-31)47(44-28-39-43(29-46-44)49-42-26-21-32-13-7-8-16-36(32)45(39)42)35-24-25-41-38(27-35)37-17-9-10-18-40(37)48(41)33-14-5-2-6-15-33/h1-3,5-10,13-19,21,26-27,29-30,34,38-39,41,43-44H,4,11-12,20,22-25,28H2. The van der Waals surface area contributed by atoms with Crippen LogP contribution in [-0.2, 0) is 0 Å². The van der Waals surface area contributed by atoms with Crippen molar-refractivity contribution in [2.45, 2.75) is 98.0 Å². The number of aliphatic imine (C=N–C) groups is 1. The Hall–Kier alpha value is -4.02. The fraction of sp³-hybridized carbons (Fsp3) is 0.356. The third-order valence-electron chi connectivity index (χ3n) is 12.5. The summed E-state index contributed by atoms with van der Waals surface area (Å²) in [4.78, 5) is 12.4. The first-order valence-electron chi connectivity index (χ1n) is 18.8. The minimum atomic E-state index is 0.175. The van der Waals surface area contributed by atoms with Crippen molar-refractivity contribution in [3.63, 3.8) is 0 Å². The molecule has 0 aromatic heterocycles. The van der Waals surface area contributed by atoms with Crippen molar-refractivity contribution >= 4 is 40.1 Å². The number of benzene rings is 4. The van der Waals surface area contributed by atoms with Gasteiger partial charge in [-0.2, -0.15) is 0 Å². The highest BCUT2D eigenvalue weighted by Crippen LogP contribution is 2.54. The topological polar surface area (TPSA) is 18.8 Å². The zero-order valence-electron chi connectivity index (χ0n) is 28.2. The van der Waals surface area contributed by atoms with Gasteiger partial charge in [0.2, 0.25) is 0 Å². The van der Waals surface area contributed by atoms with E-state index in [2.05, 4.69) is 131 Å². The number of hydrogen-bond donors (Lipinski definition) is 0. The quantitative estimate of drug-likeness (QED) is 0.199. The highest BCUT2D eigenvalue weighted by Gasteiger charge is 2.44. The molecule has 3 aliphatic heterocycles. The van der Waals surface area contributed by atoms with Gasteiger partial charge in [-0.3, -0.25) is 4.99 Å². The van der Waals surface area contributed by atoms with Crippen LogP contribution in [0, 0.1) is 5.92 Å². The summed E-state index contributed by atoms with van der Waals surface area (Å²) < 4.78 is 0. The van der Waals surface area contributed by atoms with Crippen molar-refractivity contribution in [1.82, 2.24) is 4.90 Å². The van der Waals surface area contributed by atoms with Gasteiger partial charge in [0.1, 0.15) is 6.17 Å². The second-order valence-electron chi connectivity index (χ2n) is 15.1. The summed E-state index contributed by atoms with van der Waals surface area (Å²) >= 11 is 2.04. The molecule has 0 fully saturated rings. The molecule has 4 aromatic rings. The minimum absolute atomic E-state index is 0.175. The Morgan fingerprint density at radius 1 is 0.796 bits per heavy atom. The summed E-state index contributed by atoms with van der Waals surface area (Å²) in [5.41, 5.74) is 9.00. The number of anilines is 2. The van der Waals surface area contributed by atoms with E-state index in [0.29, 0.717) is 29.2 Å². The summed E-state index contributed by atoms with van der Waals surface area (Å²) in [5.74, 6) is 1.64. The fourth-order valence-electron chi connectivity index (χ4n) is 10.2. The Morgan fingerprint density at radius 3 is 2.55 bits per heavy atom. The summed E-state index contributed by atoms with van der Waals surface area (Å²) in [7, 11) is 0. The third-order valence-corrected chi connectivity index (χ3v) is 13.8. The van der Waals surface area contributed by atoms with E-state index in [4.69, 9.17) is 4.99 Å². The van der Waals surface area contributed by atoms with E-state index in [0.717, 1.165) is 31.6 Å². The lowest BCUT2D eigenvalue weighted by Crippen LogP contribution is -2.46. The first-order chi connectivity index (χ1) is 24.3. The van der Waals surface area contributed by atoms with E-state index in [1.165, 1.54) is 70.4 Å². The number of hydrogen-bond acceptors (Lipinski definition) is 4. The number of allylic oxidation sites excluding steroid dienone is 4. The molecule has 6 aliphatic rings. The molecule has 0 N–H and O–H groups in total. The van der Waals surface area contributed by atoms with Crippen molar-refractivity contribution < 1.29 is 0 Å². The highest BCUT2D eigenvalue weighted by molar-refractivity contribution is 8.01. The van der Waals surface area contributed by atoms with Crippen LogP contribution in [-0.4, -0.2) is 34.6 Å². The van der Waals surface area contributed by atoms with Gasteiger partial charge in [-0.05, 0) is 110 Å². The average Bonchev–Trinajstić information content (AvgIpc) is 3.71. The highest BCUT2D eigenvalue weighted by atomic mass is 32.2. The Morgan fingerprint density at radius 2 is 1.67 bits per heavy atom. The molecule has 0 amide bonds. The lowest BCUT2D eigenvalue weighted by molar-refractivity contribution is 0.146. The number of nitrogens with zero attached hydrogens (tertiary/aromatic N) is 3. The van der Waals surface area contributed by atoms with Gasteiger partial charge < -0.3 is 9.80 Å². The molecule has 10 rings (SSSR count). The van der Waals surface area contributed by atoms with Gasteiger partial charge in [0.15, 0.2) is 0 Å². The van der Waals surface area contributed by atoms with Gasteiger partial charge in [0, 0.05) is 52.1 Å². The maximum atomic E-state index is 5.49. The average molecular weight is 660 g/mol. The van der Waals surface area contributed by atoms with Crippen LogP contribution in [0.1, 0.15) is 80.8 Å². The molecule has 4 heteroatoms. The van der Waals surface area contributed by atoms with Crippen LogP contribution < -0.4 is 4.90 Å². The van der Waals surface area contributed by atoms with Gasteiger partial charge in [0.25, 0.3) is 0 Å². The maximum Gasteiger partial charge on any atom is 0.121 e. The molecule has 7 unspecified atom stereocenters. The number of thioether (sulfide) groups is 1. The number of para-hydroxylation sites is 2. The summed E-state index contributed by atoms with van der Waals surface area (Å²) in [6.07, 6.45) is 23.4. The van der Waals surface area contributed by atoms with Crippen molar-refractivity contribution in [2.75, 3.05) is 4.90 Å². The normalized spacial score (nSPS) is 29.9. The molecule has 0 radical (unpaired) electrons. The molecule has 3 nitrogen and oxygen atoms in total. The second kappa shape index (κ2) is 12.4. The molecular formula is C45H45N3S. The van der Waals surface area contributed by atoms with Gasteiger partial charge in [-0.1, -0.05) is 96.6 Å². The lowest BCUT2D eigenvalue weighted by atomic mass is 9.79. The Bertz CT molecular complexity index is 2010. The summed E-state index contributed by atoms with van der Waals surface area (Å²) in [6, 6.07) is 34.9. The van der Waals surface area contributed by atoms with E-state index in [9.17, 15) is 0 Å². The third kappa shape index (κ3) is 5.12. The molecule has 7 atom stereocenters. The van der Waals surface area contributed by atoms with Crippen molar-refractivity contribution in [1.29, 1.82) is 0 Å². The van der Waals surface area contributed by atoms with Crippen LogP contribution in [0.4, 0.5) is 11.4 Å². The molecule has 49 heavy (non-hydrogen) atoms. The summed E-state index contributed by atoms with van der Waals surface area (Å²) in [6.45, 7) is 0. The van der Waals surface area contributed by atoms with Gasteiger partial charge in [-0.25, -0.2) is 0 Å². The monoisotopic (exact) mass is 659 g/mol. The van der Waals surface area contributed by atoms with Crippen LogP contribution in [0.5, 0.6) is 0 Å². The number of rotatable bonds is 5. The molecular weight excluding hydrogens is 615 g/mol. The fourth-order valence-corrected chi connectivity index (χ4v) is 11.6. The zero-order chi connectivity index (χ0) is 32.3. The summed E-state index contributed by atoms with van der Waals surface area (Å²) in [5, 5.41) is 3.24. The zero-order valence-corrected chi connectivity index (χ0v) is 29.0. The first kappa shape index (κ1) is 29.9. The largest absolute Gasteiger partial charge is 0.350 e. The van der Waals surface area contributed by atoms with E-state index < -0.39 is 0 Å². The van der Waals surface area contributed by atoms with E-state index in [-0.39, 0.29) is 6.17 Å². The molecule has 3 aliphatic carbocycles. The van der Waals surface area contributed by atoms with Gasteiger partial charge in [0.05, 0.1) is 5.25 Å². The van der Waals surface area contributed by atoms with Gasteiger partial charge >= 0.3 is 0 Å². The Kier molecular flexibility index (Phi) is 7.55. The molecule has 246 valence electrons. The first-order valence-corrected chi connectivity index (χ1v) is 19.7. The predicted octanol–water partition coefficient (Wildman–Crippen LogP) is 11.3. The van der Waals surface area contributed by atoms with Crippen molar-refractivity contribution in [3.05, 3.63) is 138 Å². The van der Waals surface area contributed by atoms with E-state index in [1.807, 2.05) is 11.8 Å². The lowest BCUT2D eigenvalue weighted by Gasteiger charge is -2.46. The van der Waals surface area contributed by atoms with Crippen LogP contribution in [0.3, 0.4) is 0 Å². The maximum absolute atomic E-state index is 5.49. The van der Waals surface area contributed by atoms with Crippen LogP contribution >= 0.6 is 11.8 Å². The molecule has 0 spiro atoms. The smallest absolute Gasteiger partial charge is 0.121 e. The van der Waals surface area contributed by atoms with E-state index >= 15 is 0 Å². The molecule has 3 heterocycles. The van der Waals surface area contributed by atoms with Gasteiger partial charge in [-0.15, -0.1) is 11.8 Å². The Labute approximate surface area is 295 Å². The molecule has 4 aromatic carbocycles. The van der Waals surface area contributed by atoms with Crippen LogP contribution in [0.2, 0.25) is 0 Å².